The van der Waals surface area contributed by atoms with Crippen molar-refractivity contribution >= 4 is 15.4 Å². The summed E-state index contributed by atoms with van der Waals surface area (Å²) in [6.07, 6.45) is 11.8. The lowest BCUT2D eigenvalue weighted by atomic mass is 9.49. The fourth-order valence-corrected chi connectivity index (χ4v) is 5.89. The fraction of sp³-hybridized carbons (Fsp3) is 0.929. The van der Waals surface area contributed by atoms with Gasteiger partial charge in [0.2, 0.25) is 0 Å². The maximum atomic E-state index is 11.8. The molecule has 4 bridgehead atoms. The van der Waals surface area contributed by atoms with Crippen LogP contribution in [0.5, 0.6) is 0 Å². The minimum Gasteiger partial charge on any atom is -0.268 e. The van der Waals surface area contributed by atoms with Crippen LogP contribution in [0.4, 0.5) is 0 Å². The molecular weight excluding hydrogens is 216 g/mol. The van der Waals surface area contributed by atoms with Crippen molar-refractivity contribution in [2.24, 2.45) is 23.2 Å². The fourth-order valence-electron chi connectivity index (χ4n) is 5.03. The summed E-state index contributed by atoms with van der Waals surface area (Å²) in [4.78, 5) is 0. The summed E-state index contributed by atoms with van der Waals surface area (Å²) in [7, 11) is -1.77. The molecule has 0 radical (unpaired) electrons. The average molecular weight is 240 g/mol. The predicted molar refractivity (Wildman–Crippen MR) is 71.3 cm³/mol. The molecule has 4 saturated carbocycles. The first-order chi connectivity index (χ1) is 7.44. The molecule has 16 heavy (non-hydrogen) atoms. The molecule has 0 saturated heterocycles. The van der Waals surface area contributed by atoms with Gasteiger partial charge in [-0.2, -0.15) is 0 Å². The molecule has 0 spiro atoms. The maximum Gasteiger partial charge on any atom is 0.0161 e. The van der Waals surface area contributed by atoms with E-state index in [9.17, 15) is 4.21 Å². The molecule has 0 aromatic rings. The van der Waals surface area contributed by atoms with Crippen LogP contribution in [0, 0.1) is 23.2 Å². The highest BCUT2D eigenvalue weighted by Crippen LogP contribution is 2.61. The van der Waals surface area contributed by atoms with E-state index in [0.717, 1.165) is 23.5 Å². The molecule has 0 aromatic heterocycles. The first-order valence-corrected chi connectivity index (χ1v) is 9.05. The van der Waals surface area contributed by atoms with Crippen molar-refractivity contribution in [3.63, 3.8) is 0 Å². The minimum atomic E-state index is -1.77. The van der Waals surface area contributed by atoms with Crippen molar-refractivity contribution in [2.75, 3.05) is 12.0 Å². The molecule has 0 heterocycles. The van der Waals surface area contributed by atoms with Crippen molar-refractivity contribution in [1.29, 1.82) is 0 Å². The van der Waals surface area contributed by atoms with Gasteiger partial charge < -0.3 is 0 Å². The third-order valence-corrected chi connectivity index (χ3v) is 6.30. The molecule has 0 aromatic carbocycles. The van der Waals surface area contributed by atoms with E-state index >= 15 is 0 Å². The summed E-state index contributed by atoms with van der Waals surface area (Å²) < 4.78 is 11.8. The number of hydrogen-bond donors (Lipinski definition) is 0. The Morgan fingerprint density at radius 3 is 1.94 bits per heavy atom. The van der Waals surface area contributed by atoms with Gasteiger partial charge in [-0.3, -0.25) is 4.21 Å². The molecule has 1 atom stereocenters. The molecular formula is C14H24OS. The normalized spacial score (nSPS) is 49.2. The van der Waals surface area contributed by atoms with Crippen LogP contribution in [0.15, 0.2) is 0 Å². The van der Waals surface area contributed by atoms with E-state index in [1.165, 1.54) is 44.9 Å². The van der Waals surface area contributed by atoms with Crippen LogP contribution in [0.25, 0.3) is 0 Å². The zero-order valence-electron chi connectivity index (χ0n) is 10.4. The molecule has 2 heteroatoms. The smallest absolute Gasteiger partial charge is 0.0161 e. The van der Waals surface area contributed by atoms with E-state index in [4.69, 9.17) is 0 Å². The van der Waals surface area contributed by atoms with Crippen molar-refractivity contribution in [3.05, 3.63) is 0 Å². The average Bonchev–Trinajstić information content (AvgIpc) is 2.11. The molecule has 1 unspecified atom stereocenters. The molecule has 0 amide bonds. The van der Waals surface area contributed by atoms with Gasteiger partial charge in [-0.1, -0.05) is 0 Å². The molecule has 4 aliphatic rings. The van der Waals surface area contributed by atoms with Crippen LogP contribution in [0.1, 0.15) is 44.9 Å². The maximum absolute atomic E-state index is 11.8. The Balaban J connectivity index is 1.74. The quantitative estimate of drug-likeness (QED) is 0.693. The van der Waals surface area contributed by atoms with E-state index in [2.05, 4.69) is 5.87 Å². The molecule has 92 valence electrons. The van der Waals surface area contributed by atoms with Crippen LogP contribution >= 0.6 is 0 Å². The van der Waals surface area contributed by atoms with Crippen molar-refractivity contribution in [1.82, 2.24) is 0 Å². The van der Waals surface area contributed by atoms with Crippen molar-refractivity contribution in [2.45, 2.75) is 44.9 Å². The summed E-state index contributed by atoms with van der Waals surface area (Å²) in [5, 5.41) is 0. The van der Waals surface area contributed by atoms with E-state index in [1.54, 1.807) is 0 Å². The van der Waals surface area contributed by atoms with Gasteiger partial charge in [-0.05, 0) is 83.5 Å². The number of hydrogen-bond acceptors (Lipinski definition) is 1. The standard InChI is InChI=1S/C14H24OS/c1-16(2,15)4-3-14-8-11-5-12(9-14)7-13(6-11)10-14/h11-13H,1,3-10H2,2H3. The highest BCUT2D eigenvalue weighted by Gasteiger charge is 2.50. The lowest BCUT2D eigenvalue weighted by molar-refractivity contribution is -0.0539. The largest absolute Gasteiger partial charge is 0.268 e. The second-order valence-corrected chi connectivity index (χ2v) is 9.83. The Labute approximate surface area is 100 Å². The van der Waals surface area contributed by atoms with Gasteiger partial charge in [0.05, 0.1) is 0 Å². The van der Waals surface area contributed by atoms with Gasteiger partial charge in [-0.15, -0.1) is 0 Å². The SMILES string of the molecule is C=S(C)(=O)CCC12CC3CC(CC(C3)C1)C2. The Kier molecular flexibility index (Phi) is 2.44. The van der Waals surface area contributed by atoms with E-state index in [0.29, 0.717) is 5.41 Å². The van der Waals surface area contributed by atoms with Gasteiger partial charge in [0.1, 0.15) is 0 Å². The van der Waals surface area contributed by atoms with Gasteiger partial charge in [0.15, 0.2) is 0 Å². The van der Waals surface area contributed by atoms with Gasteiger partial charge in [0, 0.05) is 12.0 Å². The van der Waals surface area contributed by atoms with Crippen LogP contribution < -0.4 is 0 Å². The van der Waals surface area contributed by atoms with E-state index in [1.807, 2.05) is 6.26 Å². The van der Waals surface area contributed by atoms with E-state index in [-0.39, 0.29) is 0 Å². The summed E-state index contributed by atoms with van der Waals surface area (Å²) in [6, 6.07) is 0. The summed E-state index contributed by atoms with van der Waals surface area (Å²) in [6.45, 7) is 0. The predicted octanol–water partition coefficient (Wildman–Crippen LogP) is 2.94. The summed E-state index contributed by atoms with van der Waals surface area (Å²) in [5.74, 6) is 7.73. The van der Waals surface area contributed by atoms with Crippen LogP contribution in [-0.4, -0.2) is 22.1 Å². The number of rotatable bonds is 3. The monoisotopic (exact) mass is 240 g/mol. The summed E-state index contributed by atoms with van der Waals surface area (Å²) in [5.41, 5.74) is 0.588. The second-order valence-electron chi connectivity index (χ2n) is 7.06. The lowest BCUT2D eigenvalue weighted by Crippen LogP contribution is -2.46. The van der Waals surface area contributed by atoms with E-state index < -0.39 is 9.52 Å². The highest BCUT2D eigenvalue weighted by atomic mass is 32.2. The molecule has 0 aliphatic heterocycles. The Bertz CT molecular complexity index is 344. The van der Waals surface area contributed by atoms with Crippen molar-refractivity contribution < 1.29 is 4.21 Å². The van der Waals surface area contributed by atoms with Gasteiger partial charge in [-0.25, -0.2) is 0 Å². The Morgan fingerprint density at radius 1 is 1.12 bits per heavy atom. The zero-order valence-corrected chi connectivity index (χ0v) is 11.2. The third kappa shape index (κ3) is 2.05. The van der Waals surface area contributed by atoms with Gasteiger partial charge in [0.25, 0.3) is 0 Å². The summed E-state index contributed by atoms with van der Waals surface area (Å²) >= 11 is 0. The molecule has 0 N–H and O–H groups in total. The Morgan fingerprint density at radius 2 is 1.56 bits per heavy atom. The van der Waals surface area contributed by atoms with Crippen LogP contribution in [-0.2, 0) is 9.52 Å². The molecule has 4 rings (SSSR count). The Hall–Kier alpha value is 0.0200. The van der Waals surface area contributed by atoms with Crippen molar-refractivity contribution in [3.8, 4) is 0 Å². The molecule has 4 aliphatic carbocycles. The molecule has 1 nitrogen and oxygen atoms in total. The molecule has 4 fully saturated rings. The minimum absolute atomic E-state index is 0.588. The highest BCUT2D eigenvalue weighted by molar-refractivity contribution is 7.99. The van der Waals surface area contributed by atoms with Crippen LogP contribution in [0.2, 0.25) is 0 Å². The first-order valence-electron chi connectivity index (χ1n) is 6.74. The first kappa shape index (κ1) is 11.1. The van der Waals surface area contributed by atoms with Crippen LogP contribution in [0.3, 0.4) is 0 Å². The lowest BCUT2D eigenvalue weighted by Gasteiger charge is -2.57. The third-order valence-electron chi connectivity index (χ3n) is 5.23. The topological polar surface area (TPSA) is 17.1 Å². The second kappa shape index (κ2) is 3.51. The zero-order chi connectivity index (χ0) is 11.4. The van der Waals surface area contributed by atoms with Gasteiger partial charge >= 0.3 is 0 Å².